The highest BCUT2D eigenvalue weighted by atomic mass is 16.5. The van der Waals surface area contributed by atoms with E-state index in [-0.39, 0.29) is 10.6 Å². The quantitative estimate of drug-likeness (QED) is 0.164. The molecule has 0 unspecified atom stereocenters. The molecule has 4 nitrogen and oxygen atoms in total. The largest absolute Gasteiger partial charge is 0.633 e. The van der Waals surface area contributed by atoms with E-state index in [1.807, 2.05) is 0 Å². The molecule has 0 atom stereocenters. The van der Waals surface area contributed by atoms with Crippen molar-refractivity contribution in [2.45, 2.75) is 110 Å². The van der Waals surface area contributed by atoms with Crippen molar-refractivity contribution in [2.24, 2.45) is 5.92 Å². The number of nitrogens with one attached hydrogen (secondary N) is 1. The lowest BCUT2D eigenvalue weighted by molar-refractivity contribution is -0.840. The van der Waals surface area contributed by atoms with Gasteiger partial charge in [0.25, 0.3) is 0 Å². The van der Waals surface area contributed by atoms with Crippen LogP contribution in [-0.2, 0) is 4.79 Å². The fourth-order valence-electron chi connectivity index (χ4n) is 3.38. The number of hydrogen-bond donors (Lipinski definition) is 1. The first-order valence-corrected chi connectivity index (χ1v) is 11.6. The maximum atomic E-state index is 11.7. The van der Waals surface area contributed by atoms with Crippen molar-refractivity contribution in [2.75, 3.05) is 27.2 Å². The summed E-state index contributed by atoms with van der Waals surface area (Å²) in [5.74, 6) is 1.00. The minimum absolute atomic E-state index is 0.139. The van der Waals surface area contributed by atoms with Crippen LogP contribution in [0.2, 0.25) is 0 Å². The number of carbonyl (C=O) groups excluding carboxylic acids is 1. The summed E-state index contributed by atoms with van der Waals surface area (Å²) in [6.45, 7) is 5.81. The Labute approximate surface area is 169 Å². The summed E-state index contributed by atoms with van der Waals surface area (Å²) in [5.41, 5.74) is 0. The van der Waals surface area contributed by atoms with Crippen LogP contribution < -0.4 is 5.32 Å². The van der Waals surface area contributed by atoms with Gasteiger partial charge in [-0.3, -0.25) is 4.79 Å². The molecule has 27 heavy (non-hydrogen) atoms. The summed E-state index contributed by atoms with van der Waals surface area (Å²) in [6, 6.07) is 0. The van der Waals surface area contributed by atoms with E-state index < -0.39 is 0 Å². The van der Waals surface area contributed by atoms with E-state index in [2.05, 4.69) is 19.2 Å². The lowest BCUT2D eigenvalue weighted by atomic mass is 10.0. The molecule has 0 saturated carbocycles. The molecule has 0 fully saturated rings. The lowest BCUT2D eigenvalue weighted by Gasteiger charge is -2.33. The van der Waals surface area contributed by atoms with Crippen molar-refractivity contribution < 1.29 is 9.44 Å². The van der Waals surface area contributed by atoms with Crippen molar-refractivity contribution >= 4 is 5.91 Å². The number of carbonyl (C=O) groups is 1. The van der Waals surface area contributed by atoms with Gasteiger partial charge in [0.15, 0.2) is 0 Å². The maximum absolute atomic E-state index is 11.7. The van der Waals surface area contributed by atoms with Crippen LogP contribution in [0.1, 0.15) is 110 Å². The van der Waals surface area contributed by atoms with Gasteiger partial charge >= 0.3 is 0 Å². The van der Waals surface area contributed by atoms with E-state index >= 15 is 0 Å². The van der Waals surface area contributed by atoms with Gasteiger partial charge in [0.2, 0.25) is 5.91 Å². The number of unbranched alkanes of at least 4 members (excludes halogenated alkanes) is 11. The zero-order chi connectivity index (χ0) is 20.4. The van der Waals surface area contributed by atoms with Crippen LogP contribution in [0.5, 0.6) is 0 Å². The van der Waals surface area contributed by atoms with Gasteiger partial charge in [-0.2, -0.15) is 0 Å². The van der Waals surface area contributed by atoms with Crippen molar-refractivity contribution in [1.82, 2.24) is 5.32 Å². The van der Waals surface area contributed by atoms with Crippen LogP contribution in [0.25, 0.3) is 0 Å². The zero-order valence-electron chi connectivity index (χ0n) is 18.9. The van der Waals surface area contributed by atoms with Crippen molar-refractivity contribution in [3.63, 3.8) is 0 Å². The molecule has 0 heterocycles. The first-order chi connectivity index (χ1) is 12.8. The van der Waals surface area contributed by atoms with Gasteiger partial charge in [-0.1, -0.05) is 90.9 Å². The molecule has 0 aliphatic carbocycles. The van der Waals surface area contributed by atoms with Crippen LogP contribution in [0.3, 0.4) is 0 Å². The number of hydroxylamine groups is 3. The van der Waals surface area contributed by atoms with Gasteiger partial charge < -0.3 is 15.2 Å². The Balaban J connectivity index is 3.19. The van der Waals surface area contributed by atoms with Gasteiger partial charge in [-0.15, -0.1) is 0 Å². The molecule has 0 rings (SSSR count). The topological polar surface area (TPSA) is 52.2 Å². The van der Waals surface area contributed by atoms with Gasteiger partial charge in [-0.25, -0.2) is 0 Å². The minimum atomic E-state index is -0.284. The van der Waals surface area contributed by atoms with Crippen LogP contribution in [-0.4, -0.2) is 37.7 Å². The molecule has 0 aromatic rings. The van der Waals surface area contributed by atoms with E-state index in [0.29, 0.717) is 19.5 Å². The third-order valence-corrected chi connectivity index (χ3v) is 5.13. The Morgan fingerprint density at radius 3 is 1.67 bits per heavy atom. The van der Waals surface area contributed by atoms with E-state index in [4.69, 9.17) is 0 Å². The first kappa shape index (κ1) is 26.4. The maximum Gasteiger partial charge on any atom is 0.219 e. The summed E-state index contributed by atoms with van der Waals surface area (Å²) in [5, 5.41) is 14.3. The third-order valence-electron chi connectivity index (χ3n) is 5.13. The minimum Gasteiger partial charge on any atom is -0.633 e. The van der Waals surface area contributed by atoms with Gasteiger partial charge in [0.05, 0.1) is 20.6 Å². The summed E-state index contributed by atoms with van der Waals surface area (Å²) in [6.07, 6.45) is 18.7. The second-order valence-corrected chi connectivity index (χ2v) is 9.18. The average Bonchev–Trinajstić information content (AvgIpc) is 2.58. The van der Waals surface area contributed by atoms with Crippen LogP contribution in [0.15, 0.2) is 0 Å². The molecule has 0 aliphatic rings. The predicted molar refractivity (Wildman–Crippen MR) is 117 cm³/mol. The van der Waals surface area contributed by atoms with Gasteiger partial charge in [0.1, 0.15) is 0 Å². The number of rotatable bonds is 19. The van der Waals surface area contributed by atoms with E-state index in [1.54, 1.807) is 14.1 Å². The van der Waals surface area contributed by atoms with E-state index in [9.17, 15) is 10.0 Å². The summed E-state index contributed by atoms with van der Waals surface area (Å²) in [4.78, 5) is 11.7. The van der Waals surface area contributed by atoms with Gasteiger partial charge in [0, 0.05) is 19.4 Å². The molecule has 0 aromatic carbocycles. The highest BCUT2D eigenvalue weighted by Gasteiger charge is 2.04. The summed E-state index contributed by atoms with van der Waals surface area (Å²) in [7, 11) is 3.27. The normalized spacial score (nSPS) is 11.9. The number of quaternary nitrogens is 1. The standard InChI is InChI=1S/C23H48N2O2/c1-22(2)18-15-13-11-9-7-5-6-8-10-12-14-16-19-23(26)24-20-17-21-25(3,4)27/h22H,5-21H2,1-4H3,(H,24,26). The monoisotopic (exact) mass is 384 g/mol. The highest BCUT2D eigenvalue weighted by molar-refractivity contribution is 5.75. The van der Waals surface area contributed by atoms with Crippen LogP contribution in [0.4, 0.5) is 0 Å². The molecule has 0 bridgehead atoms. The lowest BCUT2D eigenvalue weighted by Crippen LogP contribution is -2.35. The van der Waals surface area contributed by atoms with E-state index in [1.165, 1.54) is 70.6 Å². The Bertz CT molecular complexity index is 338. The molecule has 4 heteroatoms. The summed E-state index contributed by atoms with van der Waals surface area (Å²) < 4.78 is -0.284. The third kappa shape index (κ3) is 23.4. The number of amides is 1. The molecule has 162 valence electrons. The second kappa shape index (κ2) is 17.5. The Morgan fingerprint density at radius 1 is 0.778 bits per heavy atom. The fourth-order valence-corrected chi connectivity index (χ4v) is 3.38. The van der Waals surface area contributed by atoms with Gasteiger partial charge in [-0.05, 0) is 12.3 Å². The molecular formula is C23H48N2O2. The number of hydrogen-bond acceptors (Lipinski definition) is 2. The van der Waals surface area contributed by atoms with Crippen molar-refractivity contribution in [1.29, 1.82) is 0 Å². The SMILES string of the molecule is CC(C)CCCCCCCCCCCCCCC(=O)NCCC[N+](C)(C)[O-]. The first-order valence-electron chi connectivity index (χ1n) is 11.6. The Morgan fingerprint density at radius 2 is 1.22 bits per heavy atom. The highest BCUT2D eigenvalue weighted by Crippen LogP contribution is 2.14. The Hall–Kier alpha value is -0.610. The molecule has 1 N–H and O–H groups in total. The van der Waals surface area contributed by atoms with Crippen LogP contribution >= 0.6 is 0 Å². The van der Waals surface area contributed by atoms with E-state index in [0.717, 1.165) is 25.2 Å². The molecule has 0 radical (unpaired) electrons. The summed E-state index contributed by atoms with van der Waals surface area (Å²) >= 11 is 0. The second-order valence-electron chi connectivity index (χ2n) is 9.18. The molecule has 1 amide bonds. The van der Waals surface area contributed by atoms with Crippen LogP contribution in [0, 0.1) is 11.1 Å². The molecule has 0 aromatic heterocycles. The Kier molecular flexibility index (Phi) is 17.1. The molecule has 0 spiro atoms. The molecular weight excluding hydrogens is 336 g/mol. The fraction of sp³-hybridized carbons (Fsp3) is 0.957. The predicted octanol–water partition coefficient (Wildman–Crippen LogP) is 6.18. The smallest absolute Gasteiger partial charge is 0.219 e. The van der Waals surface area contributed by atoms with Crippen molar-refractivity contribution in [3.05, 3.63) is 5.21 Å². The van der Waals surface area contributed by atoms with Crippen molar-refractivity contribution in [3.8, 4) is 0 Å². The zero-order valence-corrected chi connectivity index (χ0v) is 18.9. The molecule has 0 saturated heterocycles. The average molecular weight is 385 g/mol. The molecule has 0 aliphatic heterocycles. The number of nitrogens with zero attached hydrogens (tertiary/aromatic N) is 1.